The van der Waals surface area contributed by atoms with Gasteiger partial charge >= 0.3 is 24.1 Å². The van der Waals surface area contributed by atoms with Gasteiger partial charge in [-0.3, -0.25) is 14.4 Å². The van der Waals surface area contributed by atoms with Crippen LogP contribution in [0.1, 0.15) is 110 Å². The van der Waals surface area contributed by atoms with Gasteiger partial charge in [0, 0.05) is 12.8 Å². The zero-order valence-corrected chi connectivity index (χ0v) is 24.8. The molecule has 1 fully saturated rings. The Kier molecular flexibility index (Phi) is 15.8. The molecule has 2 rings (SSSR count). The Balaban J connectivity index is 1.92. The lowest BCUT2D eigenvalue weighted by Crippen LogP contribution is -2.36. The molecule has 1 aromatic rings. The molecule has 2 N–H and O–H groups in total. The molecule has 1 aliphatic rings. The summed E-state index contributed by atoms with van der Waals surface area (Å²) in [6.45, 7) is 5.52. The van der Waals surface area contributed by atoms with Crippen molar-refractivity contribution in [3.05, 3.63) is 23.8 Å². The summed E-state index contributed by atoms with van der Waals surface area (Å²) in [6.07, 6.45) is 8.99. The molecule has 0 unspecified atom stereocenters. The van der Waals surface area contributed by atoms with E-state index in [0.717, 1.165) is 57.8 Å². The van der Waals surface area contributed by atoms with Crippen LogP contribution in [-0.2, 0) is 35.0 Å². The van der Waals surface area contributed by atoms with Crippen molar-refractivity contribution in [1.82, 2.24) is 0 Å². The molecule has 1 saturated carbocycles. The molecule has 0 aromatic heterocycles. The number of rotatable bonds is 17. The minimum Gasteiger partial charge on any atom is -0.461 e. The maximum Gasteiger partial charge on any atom is 0.508 e. The van der Waals surface area contributed by atoms with Crippen LogP contribution in [-0.4, -0.2) is 48.9 Å². The van der Waals surface area contributed by atoms with E-state index in [1.54, 1.807) is 19.1 Å². The van der Waals surface area contributed by atoms with Crippen LogP contribution in [0.5, 0.6) is 11.5 Å². The van der Waals surface area contributed by atoms with Crippen LogP contribution in [0.25, 0.3) is 0 Å². The van der Waals surface area contributed by atoms with E-state index in [2.05, 4.69) is 0 Å². The van der Waals surface area contributed by atoms with Gasteiger partial charge in [-0.2, -0.15) is 0 Å². The molecule has 1 aromatic carbocycles. The second-order valence-corrected chi connectivity index (χ2v) is 10.6. The zero-order valence-electron chi connectivity index (χ0n) is 24.8. The summed E-state index contributed by atoms with van der Waals surface area (Å²) in [6, 6.07) is 3.72. The molecule has 0 saturated heterocycles. The van der Waals surface area contributed by atoms with Gasteiger partial charge in [0.25, 0.3) is 0 Å². The summed E-state index contributed by atoms with van der Waals surface area (Å²) < 4.78 is 26.8. The molecule has 0 spiro atoms. The summed E-state index contributed by atoms with van der Waals surface area (Å²) in [4.78, 5) is 49.2. The third-order valence-electron chi connectivity index (χ3n) is 6.76. The minimum atomic E-state index is -1.02. The smallest absolute Gasteiger partial charge is 0.461 e. The number of hydrogen-bond donors (Lipinski definition) is 1. The number of carbonyl (C=O) groups excluding carboxylic acids is 4. The van der Waals surface area contributed by atoms with Gasteiger partial charge in [-0.1, -0.05) is 52.0 Å². The minimum absolute atomic E-state index is 0.0862. The average molecular weight is 578 g/mol. The van der Waals surface area contributed by atoms with E-state index in [1.165, 1.54) is 6.07 Å². The van der Waals surface area contributed by atoms with E-state index in [9.17, 15) is 19.2 Å². The molecule has 2 atom stereocenters. The molecular formula is C31H47NO9. The number of unbranched alkanes of at least 4 members (excludes halogenated alkanes) is 4. The molecule has 0 amide bonds. The highest BCUT2D eigenvalue weighted by Crippen LogP contribution is 2.30. The van der Waals surface area contributed by atoms with Crippen molar-refractivity contribution < 1.29 is 42.9 Å². The van der Waals surface area contributed by atoms with Crippen molar-refractivity contribution in [3.8, 4) is 11.5 Å². The Bertz CT molecular complexity index is 974. The quantitative estimate of drug-likeness (QED) is 0.134. The molecule has 0 radical (unpaired) electrons. The van der Waals surface area contributed by atoms with Gasteiger partial charge < -0.3 is 29.4 Å². The Morgan fingerprint density at radius 2 is 1.49 bits per heavy atom. The lowest BCUT2D eigenvalue weighted by atomic mass is 9.98. The lowest BCUT2D eigenvalue weighted by molar-refractivity contribution is -0.148. The first kappa shape index (κ1) is 34.1. The summed E-state index contributed by atoms with van der Waals surface area (Å²) in [5.41, 5.74) is 6.67. The Labute approximate surface area is 243 Å². The Hall–Kier alpha value is -3.14. The SMILES string of the molecule is CCCCCC(=O)Oc1ccc(C[C@H](N)C(=O)OC[C@H](C)OC(=O)OC2CCCCC2)cc1OC(=O)CCCCC. The molecule has 0 heterocycles. The van der Waals surface area contributed by atoms with Gasteiger partial charge in [0.15, 0.2) is 11.5 Å². The molecule has 41 heavy (non-hydrogen) atoms. The molecule has 230 valence electrons. The topological polar surface area (TPSA) is 140 Å². The second-order valence-electron chi connectivity index (χ2n) is 10.6. The molecular weight excluding hydrogens is 530 g/mol. The predicted octanol–water partition coefficient (Wildman–Crippen LogP) is 5.95. The average Bonchev–Trinajstić information content (AvgIpc) is 2.93. The fraction of sp³-hybridized carbons (Fsp3) is 0.677. The first-order valence-electron chi connectivity index (χ1n) is 15.1. The fourth-order valence-electron chi connectivity index (χ4n) is 4.42. The maximum atomic E-state index is 12.5. The first-order valence-corrected chi connectivity index (χ1v) is 15.1. The van der Waals surface area contributed by atoms with Crippen LogP contribution < -0.4 is 15.2 Å². The number of carbonyl (C=O) groups is 4. The van der Waals surface area contributed by atoms with Crippen LogP contribution in [0, 0.1) is 0 Å². The maximum absolute atomic E-state index is 12.5. The van der Waals surface area contributed by atoms with E-state index in [-0.39, 0.29) is 43.5 Å². The van der Waals surface area contributed by atoms with Gasteiger partial charge in [0.2, 0.25) is 0 Å². The van der Waals surface area contributed by atoms with Crippen LogP contribution in [0.4, 0.5) is 4.79 Å². The van der Waals surface area contributed by atoms with Crippen LogP contribution in [0.3, 0.4) is 0 Å². The molecule has 10 nitrogen and oxygen atoms in total. The molecule has 1 aliphatic carbocycles. The van der Waals surface area contributed by atoms with Gasteiger partial charge in [0.05, 0.1) is 0 Å². The van der Waals surface area contributed by atoms with Crippen molar-refractivity contribution in [2.24, 2.45) is 5.73 Å². The lowest BCUT2D eigenvalue weighted by Gasteiger charge is -2.22. The van der Waals surface area contributed by atoms with Crippen molar-refractivity contribution in [2.45, 2.75) is 129 Å². The van der Waals surface area contributed by atoms with Gasteiger partial charge in [-0.25, -0.2) is 4.79 Å². The van der Waals surface area contributed by atoms with Gasteiger partial charge in [-0.05, 0) is 69.6 Å². The van der Waals surface area contributed by atoms with Gasteiger partial charge in [-0.15, -0.1) is 0 Å². The molecule has 0 bridgehead atoms. The van der Waals surface area contributed by atoms with E-state index in [1.807, 2.05) is 13.8 Å². The molecule has 10 heteroatoms. The van der Waals surface area contributed by atoms with Crippen LogP contribution in [0.2, 0.25) is 0 Å². The van der Waals surface area contributed by atoms with Crippen molar-refractivity contribution in [1.29, 1.82) is 0 Å². The number of esters is 3. The van der Waals surface area contributed by atoms with Crippen LogP contribution >= 0.6 is 0 Å². The number of benzene rings is 1. The number of ether oxygens (including phenoxy) is 5. The largest absolute Gasteiger partial charge is 0.508 e. The normalized spacial score (nSPS) is 14.9. The fourth-order valence-corrected chi connectivity index (χ4v) is 4.42. The Morgan fingerprint density at radius 3 is 2.10 bits per heavy atom. The standard InChI is InChI=1S/C31H47NO9/c1-4-6-9-15-28(33)40-26-18-17-23(20-27(26)41-29(34)16-10-7-5-2)19-25(32)30(35)37-21-22(3)38-31(36)39-24-13-11-8-12-14-24/h17-18,20,22,24-25H,4-16,19,21,32H2,1-3H3/t22-,25-/m0/s1. The molecule has 0 aliphatic heterocycles. The van der Waals surface area contributed by atoms with E-state index in [0.29, 0.717) is 18.4 Å². The van der Waals surface area contributed by atoms with E-state index >= 15 is 0 Å². The summed E-state index contributed by atoms with van der Waals surface area (Å²) in [7, 11) is 0. The monoisotopic (exact) mass is 577 g/mol. The van der Waals surface area contributed by atoms with E-state index in [4.69, 9.17) is 29.4 Å². The predicted molar refractivity (Wildman–Crippen MR) is 153 cm³/mol. The second kappa shape index (κ2) is 19.1. The van der Waals surface area contributed by atoms with Crippen molar-refractivity contribution >= 4 is 24.1 Å². The summed E-state index contributed by atoms with van der Waals surface area (Å²) >= 11 is 0. The van der Waals surface area contributed by atoms with Crippen molar-refractivity contribution in [2.75, 3.05) is 6.61 Å². The highest BCUT2D eigenvalue weighted by Gasteiger charge is 2.23. The van der Waals surface area contributed by atoms with E-state index < -0.39 is 36.2 Å². The Morgan fingerprint density at radius 1 is 0.878 bits per heavy atom. The number of nitrogens with two attached hydrogens (primary N) is 1. The summed E-state index contributed by atoms with van der Waals surface area (Å²) in [5, 5.41) is 0. The van der Waals surface area contributed by atoms with Gasteiger partial charge in [0.1, 0.15) is 24.9 Å². The first-order chi connectivity index (χ1) is 19.7. The number of hydrogen-bond acceptors (Lipinski definition) is 10. The zero-order chi connectivity index (χ0) is 30.0. The summed E-state index contributed by atoms with van der Waals surface area (Å²) in [5.74, 6) is -1.27. The third-order valence-corrected chi connectivity index (χ3v) is 6.76. The van der Waals surface area contributed by atoms with Crippen LogP contribution in [0.15, 0.2) is 18.2 Å². The highest BCUT2D eigenvalue weighted by atomic mass is 16.7. The highest BCUT2D eigenvalue weighted by molar-refractivity contribution is 5.77. The third kappa shape index (κ3) is 13.9. The van der Waals surface area contributed by atoms with Crippen molar-refractivity contribution in [3.63, 3.8) is 0 Å².